The van der Waals surface area contributed by atoms with Crippen molar-refractivity contribution in [2.45, 2.75) is 12.6 Å². The van der Waals surface area contributed by atoms with Gasteiger partial charge in [0, 0.05) is 6.54 Å². The summed E-state index contributed by atoms with van der Waals surface area (Å²) in [5, 5.41) is 2.83. The van der Waals surface area contributed by atoms with Gasteiger partial charge in [0.1, 0.15) is 18.4 Å². The van der Waals surface area contributed by atoms with Crippen LogP contribution in [-0.2, 0) is 20.9 Å². The Hall–Kier alpha value is -2.86. The molecule has 2 aromatic carbocycles. The van der Waals surface area contributed by atoms with Crippen LogP contribution >= 0.6 is 0 Å². The quantitative estimate of drug-likeness (QED) is 0.905. The molecule has 25 heavy (non-hydrogen) atoms. The van der Waals surface area contributed by atoms with E-state index >= 15 is 0 Å². The van der Waals surface area contributed by atoms with Crippen LogP contribution in [0.3, 0.4) is 0 Å². The lowest BCUT2D eigenvalue weighted by Gasteiger charge is -2.34. The Morgan fingerprint density at radius 2 is 1.92 bits per heavy atom. The molecule has 0 aromatic heterocycles. The lowest BCUT2D eigenvalue weighted by molar-refractivity contribution is -0.154. The van der Waals surface area contributed by atoms with E-state index in [-0.39, 0.29) is 25.0 Å². The number of benzene rings is 2. The van der Waals surface area contributed by atoms with E-state index in [1.807, 2.05) is 42.5 Å². The standard InChI is InChI=1S/C19H20N2O4/c1-24-17-10-6-5-9-15(17)20-19(23)16-12-25-13-18(22)21(16)11-14-7-3-2-4-8-14/h2-10,16H,11-13H2,1H3,(H,20,23). The van der Waals surface area contributed by atoms with Gasteiger partial charge in [0.05, 0.1) is 19.4 Å². The number of amides is 2. The summed E-state index contributed by atoms with van der Waals surface area (Å²) in [5.74, 6) is 0.0669. The van der Waals surface area contributed by atoms with Gasteiger partial charge in [-0.2, -0.15) is 0 Å². The number of nitrogens with one attached hydrogen (secondary N) is 1. The minimum absolute atomic E-state index is 0.00866. The van der Waals surface area contributed by atoms with E-state index in [1.54, 1.807) is 24.1 Å². The molecule has 0 radical (unpaired) electrons. The fraction of sp³-hybridized carbons (Fsp3) is 0.263. The van der Waals surface area contributed by atoms with Crippen LogP contribution in [0.2, 0.25) is 0 Å². The molecule has 1 atom stereocenters. The average molecular weight is 340 g/mol. The van der Waals surface area contributed by atoms with Crippen molar-refractivity contribution in [2.75, 3.05) is 25.6 Å². The number of hydrogen-bond donors (Lipinski definition) is 1. The Bertz CT molecular complexity index is 748. The van der Waals surface area contributed by atoms with Gasteiger partial charge in [-0.25, -0.2) is 0 Å². The third kappa shape index (κ3) is 3.97. The van der Waals surface area contributed by atoms with Gasteiger partial charge in [0.2, 0.25) is 11.8 Å². The number of carbonyl (C=O) groups is 2. The monoisotopic (exact) mass is 340 g/mol. The molecular formula is C19H20N2O4. The van der Waals surface area contributed by atoms with Gasteiger partial charge in [0.15, 0.2) is 0 Å². The van der Waals surface area contributed by atoms with Crippen LogP contribution < -0.4 is 10.1 Å². The molecule has 0 bridgehead atoms. The first kappa shape index (κ1) is 17.0. The highest BCUT2D eigenvalue weighted by Crippen LogP contribution is 2.24. The van der Waals surface area contributed by atoms with E-state index in [1.165, 1.54) is 0 Å². The summed E-state index contributed by atoms with van der Waals surface area (Å²) in [6, 6.07) is 16.0. The molecule has 0 spiro atoms. The largest absolute Gasteiger partial charge is 0.495 e. The van der Waals surface area contributed by atoms with Gasteiger partial charge >= 0.3 is 0 Å². The van der Waals surface area contributed by atoms with Crippen molar-refractivity contribution in [1.82, 2.24) is 4.90 Å². The molecule has 0 saturated carbocycles. The zero-order chi connectivity index (χ0) is 17.6. The number of nitrogens with zero attached hydrogens (tertiary/aromatic N) is 1. The van der Waals surface area contributed by atoms with Crippen molar-refractivity contribution < 1.29 is 19.1 Å². The molecule has 6 heteroatoms. The molecule has 1 N–H and O–H groups in total. The van der Waals surface area contributed by atoms with Crippen LogP contribution in [0.25, 0.3) is 0 Å². The molecule has 130 valence electrons. The van der Waals surface area contributed by atoms with Gasteiger partial charge in [-0.05, 0) is 17.7 Å². The van der Waals surface area contributed by atoms with E-state index in [2.05, 4.69) is 5.32 Å². The minimum atomic E-state index is -0.689. The second-order valence-corrected chi connectivity index (χ2v) is 5.73. The summed E-state index contributed by atoms with van der Waals surface area (Å²) in [7, 11) is 1.54. The number of morpholine rings is 1. The van der Waals surface area contributed by atoms with Crippen molar-refractivity contribution in [3.8, 4) is 5.75 Å². The van der Waals surface area contributed by atoms with E-state index in [9.17, 15) is 9.59 Å². The molecule has 1 saturated heterocycles. The van der Waals surface area contributed by atoms with Crippen LogP contribution in [0, 0.1) is 0 Å². The van der Waals surface area contributed by atoms with Crippen molar-refractivity contribution in [3.05, 3.63) is 60.2 Å². The maximum absolute atomic E-state index is 12.7. The second-order valence-electron chi connectivity index (χ2n) is 5.73. The molecule has 0 aliphatic carbocycles. The molecule has 6 nitrogen and oxygen atoms in total. The smallest absolute Gasteiger partial charge is 0.249 e. The number of para-hydroxylation sites is 2. The summed E-state index contributed by atoms with van der Waals surface area (Å²) in [6.45, 7) is 0.526. The van der Waals surface area contributed by atoms with E-state index in [0.29, 0.717) is 18.0 Å². The molecular weight excluding hydrogens is 320 g/mol. The van der Waals surface area contributed by atoms with Crippen LogP contribution in [-0.4, -0.2) is 43.1 Å². The average Bonchev–Trinajstić information content (AvgIpc) is 2.64. The van der Waals surface area contributed by atoms with E-state index < -0.39 is 6.04 Å². The summed E-state index contributed by atoms with van der Waals surface area (Å²) >= 11 is 0. The Kier molecular flexibility index (Phi) is 5.30. The normalized spacial score (nSPS) is 17.2. The number of methoxy groups -OCH3 is 1. The van der Waals surface area contributed by atoms with Gasteiger partial charge < -0.3 is 19.7 Å². The van der Waals surface area contributed by atoms with Crippen molar-refractivity contribution in [1.29, 1.82) is 0 Å². The van der Waals surface area contributed by atoms with Gasteiger partial charge in [-0.1, -0.05) is 42.5 Å². The summed E-state index contributed by atoms with van der Waals surface area (Å²) in [5.41, 5.74) is 1.53. The summed E-state index contributed by atoms with van der Waals surface area (Å²) in [6.07, 6.45) is 0. The highest BCUT2D eigenvalue weighted by molar-refractivity contribution is 5.98. The first-order valence-electron chi connectivity index (χ1n) is 8.04. The fourth-order valence-electron chi connectivity index (χ4n) is 2.76. The van der Waals surface area contributed by atoms with Crippen LogP contribution in [0.15, 0.2) is 54.6 Å². The fourth-order valence-corrected chi connectivity index (χ4v) is 2.76. The van der Waals surface area contributed by atoms with Crippen molar-refractivity contribution >= 4 is 17.5 Å². The second kappa shape index (κ2) is 7.81. The van der Waals surface area contributed by atoms with Crippen LogP contribution in [0.5, 0.6) is 5.75 Å². The Morgan fingerprint density at radius 3 is 2.68 bits per heavy atom. The highest BCUT2D eigenvalue weighted by atomic mass is 16.5. The summed E-state index contributed by atoms with van der Waals surface area (Å²) < 4.78 is 10.5. The zero-order valence-corrected chi connectivity index (χ0v) is 14.0. The van der Waals surface area contributed by atoms with Crippen molar-refractivity contribution in [3.63, 3.8) is 0 Å². The topological polar surface area (TPSA) is 67.9 Å². The molecule has 1 unspecified atom stereocenters. The molecule has 2 aromatic rings. The lowest BCUT2D eigenvalue weighted by atomic mass is 10.1. The number of carbonyl (C=O) groups excluding carboxylic acids is 2. The first-order chi connectivity index (χ1) is 12.2. The van der Waals surface area contributed by atoms with Crippen LogP contribution in [0.4, 0.5) is 5.69 Å². The number of rotatable bonds is 5. The highest BCUT2D eigenvalue weighted by Gasteiger charge is 2.34. The van der Waals surface area contributed by atoms with E-state index in [0.717, 1.165) is 5.56 Å². The van der Waals surface area contributed by atoms with E-state index in [4.69, 9.17) is 9.47 Å². The third-order valence-electron chi connectivity index (χ3n) is 4.06. The van der Waals surface area contributed by atoms with Gasteiger partial charge in [-0.3, -0.25) is 9.59 Å². The molecule has 1 aliphatic heterocycles. The molecule has 1 heterocycles. The number of ether oxygens (including phenoxy) is 2. The first-order valence-corrected chi connectivity index (χ1v) is 8.04. The third-order valence-corrected chi connectivity index (χ3v) is 4.06. The molecule has 3 rings (SSSR count). The van der Waals surface area contributed by atoms with Gasteiger partial charge in [-0.15, -0.1) is 0 Å². The Labute approximate surface area is 146 Å². The van der Waals surface area contributed by atoms with Gasteiger partial charge in [0.25, 0.3) is 0 Å². The van der Waals surface area contributed by atoms with Crippen LogP contribution in [0.1, 0.15) is 5.56 Å². The van der Waals surface area contributed by atoms with Crippen molar-refractivity contribution in [2.24, 2.45) is 0 Å². The molecule has 1 aliphatic rings. The SMILES string of the molecule is COc1ccccc1NC(=O)C1COCC(=O)N1Cc1ccccc1. The predicted molar refractivity (Wildman–Crippen MR) is 93.2 cm³/mol. The maximum atomic E-state index is 12.7. The maximum Gasteiger partial charge on any atom is 0.249 e. The number of anilines is 1. The predicted octanol–water partition coefficient (Wildman–Crippen LogP) is 2.06. The minimum Gasteiger partial charge on any atom is -0.495 e. The molecule has 2 amide bonds. The zero-order valence-electron chi connectivity index (χ0n) is 14.0. The summed E-state index contributed by atoms with van der Waals surface area (Å²) in [4.78, 5) is 26.6. The lowest BCUT2D eigenvalue weighted by Crippen LogP contribution is -2.54. The molecule has 1 fully saturated rings. The number of hydrogen-bond acceptors (Lipinski definition) is 4. The Morgan fingerprint density at radius 1 is 1.20 bits per heavy atom. The Balaban J connectivity index is 1.77.